The molecule has 0 unspecified atom stereocenters. The van der Waals surface area contributed by atoms with Crippen molar-refractivity contribution in [2.75, 3.05) is 5.32 Å². The SMILES string of the molecule is CC(C)Oc1cccc(CNC(=S)Nc2cccc(C(=O)c3ccc(C(C)(C)C)cc3)c2)c1. The van der Waals surface area contributed by atoms with Gasteiger partial charge in [-0.05, 0) is 66.9 Å². The zero-order valence-corrected chi connectivity index (χ0v) is 20.8. The number of benzene rings is 3. The van der Waals surface area contributed by atoms with Crippen LogP contribution in [0.15, 0.2) is 72.8 Å². The van der Waals surface area contributed by atoms with Crippen molar-refractivity contribution in [3.63, 3.8) is 0 Å². The quantitative estimate of drug-likeness (QED) is 0.312. The molecule has 0 aromatic heterocycles. The van der Waals surface area contributed by atoms with Crippen LogP contribution in [0.4, 0.5) is 5.69 Å². The number of thiocarbonyl (C=S) groups is 1. The fraction of sp³-hybridized carbons (Fsp3) is 0.286. The summed E-state index contributed by atoms with van der Waals surface area (Å²) < 4.78 is 5.74. The van der Waals surface area contributed by atoms with Crippen molar-refractivity contribution in [1.82, 2.24) is 5.32 Å². The van der Waals surface area contributed by atoms with Gasteiger partial charge in [0.1, 0.15) is 5.75 Å². The second-order valence-electron chi connectivity index (χ2n) is 9.36. The lowest BCUT2D eigenvalue weighted by Gasteiger charge is -2.19. The number of hydrogen-bond donors (Lipinski definition) is 2. The highest BCUT2D eigenvalue weighted by Crippen LogP contribution is 2.23. The maximum Gasteiger partial charge on any atom is 0.193 e. The highest BCUT2D eigenvalue weighted by Gasteiger charge is 2.15. The van der Waals surface area contributed by atoms with Gasteiger partial charge >= 0.3 is 0 Å². The summed E-state index contributed by atoms with van der Waals surface area (Å²) in [6.45, 7) is 11.1. The number of carbonyl (C=O) groups excluding carboxylic acids is 1. The molecule has 2 N–H and O–H groups in total. The van der Waals surface area contributed by atoms with Crippen molar-refractivity contribution in [2.24, 2.45) is 0 Å². The van der Waals surface area contributed by atoms with E-state index in [0.29, 0.717) is 22.8 Å². The van der Waals surface area contributed by atoms with Gasteiger partial charge in [-0.2, -0.15) is 0 Å². The van der Waals surface area contributed by atoms with Crippen molar-refractivity contribution in [3.05, 3.63) is 95.1 Å². The summed E-state index contributed by atoms with van der Waals surface area (Å²) >= 11 is 5.45. The average molecular weight is 461 g/mol. The third-order valence-corrected chi connectivity index (χ3v) is 5.37. The van der Waals surface area contributed by atoms with Crippen molar-refractivity contribution in [2.45, 2.75) is 52.7 Å². The van der Waals surface area contributed by atoms with E-state index in [2.05, 4.69) is 31.4 Å². The Morgan fingerprint density at radius 3 is 2.30 bits per heavy atom. The van der Waals surface area contributed by atoms with Crippen molar-refractivity contribution in [1.29, 1.82) is 0 Å². The lowest BCUT2D eigenvalue weighted by molar-refractivity contribution is 0.103. The molecule has 0 amide bonds. The van der Waals surface area contributed by atoms with Crippen molar-refractivity contribution >= 4 is 28.8 Å². The van der Waals surface area contributed by atoms with Gasteiger partial charge in [0.05, 0.1) is 6.10 Å². The highest BCUT2D eigenvalue weighted by atomic mass is 32.1. The standard InChI is InChI=1S/C28H32N2O2S/c1-19(2)32-25-11-6-8-20(16-25)18-29-27(33)30-24-10-7-9-22(17-24)26(31)21-12-14-23(15-13-21)28(3,4)5/h6-17,19H,18H2,1-5H3,(H2,29,30,33). The van der Waals surface area contributed by atoms with Gasteiger partial charge in [0.2, 0.25) is 0 Å². The first-order chi connectivity index (χ1) is 15.6. The molecule has 3 aromatic carbocycles. The molecule has 4 nitrogen and oxygen atoms in total. The van der Waals surface area contributed by atoms with Gasteiger partial charge in [0, 0.05) is 23.4 Å². The first kappa shape index (κ1) is 24.5. The smallest absolute Gasteiger partial charge is 0.193 e. The van der Waals surface area contributed by atoms with Crippen LogP contribution < -0.4 is 15.4 Å². The van der Waals surface area contributed by atoms with Crippen LogP contribution in [0.2, 0.25) is 0 Å². The largest absolute Gasteiger partial charge is 0.491 e. The number of carbonyl (C=O) groups is 1. The van der Waals surface area contributed by atoms with Crippen LogP contribution in [0.3, 0.4) is 0 Å². The zero-order valence-electron chi connectivity index (χ0n) is 19.9. The Hall–Kier alpha value is -3.18. The summed E-state index contributed by atoms with van der Waals surface area (Å²) in [5.41, 5.74) is 4.37. The highest BCUT2D eigenvalue weighted by molar-refractivity contribution is 7.80. The zero-order chi connectivity index (χ0) is 24.0. The summed E-state index contributed by atoms with van der Waals surface area (Å²) in [5, 5.41) is 6.87. The van der Waals surface area contributed by atoms with Gasteiger partial charge in [0.25, 0.3) is 0 Å². The predicted molar refractivity (Wildman–Crippen MR) is 140 cm³/mol. The molecule has 0 saturated heterocycles. The molecule has 3 aromatic rings. The Kier molecular flexibility index (Phi) is 7.88. The molecule has 33 heavy (non-hydrogen) atoms. The third-order valence-electron chi connectivity index (χ3n) is 5.12. The number of nitrogens with one attached hydrogen (secondary N) is 2. The normalized spacial score (nSPS) is 11.2. The lowest BCUT2D eigenvalue weighted by Crippen LogP contribution is -2.28. The molecule has 0 atom stereocenters. The molecule has 0 aliphatic rings. The summed E-state index contributed by atoms with van der Waals surface area (Å²) in [5.74, 6) is 0.824. The number of ketones is 1. The Morgan fingerprint density at radius 1 is 0.939 bits per heavy atom. The molecule has 0 fully saturated rings. The molecule has 172 valence electrons. The Bertz CT molecular complexity index is 1120. The number of anilines is 1. The molecular weight excluding hydrogens is 428 g/mol. The maximum atomic E-state index is 13.0. The van der Waals surface area contributed by atoms with Crippen LogP contribution in [0.1, 0.15) is 61.7 Å². The summed E-state index contributed by atoms with van der Waals surface area (Å²) in [7, 11) is 0. The van der Waals surface area contributed by atoms with Gasteiger partial charge in [-0.1, -0.05) is 69.3 Å². The van der Waals surface area contributed by atoms with Crippen LogP contribution in [-0.4, -0.2) is 17.0 Å². The van der Waals surface area contributed by atoms with Gasteiger partial charge in [-0.25, -0.2) is 0 Å². The first-order valence-electron chi connectivity index (χ1n) is 11.2. The average Bonchev–Trinajstić information content (AvgIpc) is 2.77. The number of rotatable bonds is 7. The molecule has 5 heteroatoms. The summed E-state index contributed by atoms with van der Waals surface area (Å²) in [6, 6.07) is 23.2. The molecular formula is C28H32N2O2S. The summed E-state index contributed by atoms with van der Waals surface area (Å²) in [6.07, 6.45) is 0.127. The maximum absolute atomic E-state index is 13.0. The fourth-order valence-electron chi connectivity index (χ4n) is 3.39. The van der Waals surface area contributed by atoms with Crippen LogP contribution in [0.25, 0.3) is 0 Å². The Balaban J connectivity index is 1.61. The van der Waals surface area contributed by atoms with E-state index in [1.54, 1.807) is 0 Å². The topological polar surface area (TPSA) is 50.4 Å². The molecule has 0 bridgehead atoms. The van der Waals surface area contributed by atoms with E-state index in [9.17, 15) is 4.79 Å². The minimum absolute atomic E-state index is 0.0139. The number of hydrogen-bond acceptors (Lipinski definition) is 3. The van der Waals surface area contributed by atoms with E-state index < -0.39 is 0 Å². The Morgan fingerprint density at radius 2 is 1.64 bits per heavy atom. The second kappa shape index (κ2) is 10.6. The predicted octanol–water partition coefficient (Wildman–Crippen LogP) is 6.49. The van der Waals surface area contributed by atoms with Crippen molar-refractivity contribution < 1.29 is 9.53 Å². The second-order valence-corrected chi connectivity index (χ2v) is 9.77. The van der Waals surface area contributed by atoms with E-state index in [1.807, 2.05) is 86.6 Å². The van der Waals surface area contributed by atoms with Crippen LogP contribution in [0, 0.1) is 0 Å². The molecule has 0 aliphatic heterocycles. The van der Waals surface area contributed by atoms with Crippen LogP contribution >= 0.6 is 12.2 Å². The molecule has 0 aliphatic carbocycles. The molecule has 0 spiro atoms. The van der Waals surface area contributed by atoms with E-state index in [-0.39, 0.29) is 17.3 Å². The van der Waals surface area contributed by atoms with Crippen LogP contribution in [-0.2, 0) is 12.0 Å². The lowest BCUT2D eigenvalue weighted by atomic mass is 9.86. The van der Waals surface area contributed by atoms with Gasteiger partial charge in [0.15, 0.2) is 10.9 Å². The number of ether oxygens (including phenoxy) is 1. The molecule has 0 saturated carbocycles. The van der Waals surface area contributed by atoms with Gasteiger partial charge in [-0.3, -0.25) is 4.79 Å². The van der Waals surface area contributed by atoms with Gasteiger partial charge in [-0.15, -0.1) is 0 Å². The van der Waals surface area contributed by atoms with Gasteiger partial charge < -0.3 is 15.4 Å². The van der Waals surface area contributed by atoms with Crippen LogP contribution in [0.5, 0.6) is 5.75 Å². The fourth-order valence-corrected chi connectivity index (χ4v) is 3.58. The minimum Gasteiger partial charge on any atom is -0.491 e. The van der Waals surface area contributed by atoms with Crippen molar-refractivity contribution in [3.8, 4) is 5.75 Å². The van der Waals surface area contributed by atoms with E-state index >= 15 is 0 Å². The third kappa shape index (κ3) is 7.16. The van der Waals surface area contributed by atoms with E-state index in [1.165, 1.54) is 5.56 Å². The van der Waals surface area contributed by atoms with E-state index in [4.69, 9.17) is 17.0 Å². The molecule has 3 rings (SSSR count). The molecule has 0 heterocycles. The van der Waals surface area contributed by atoms with E-state index in [0.717, 1.165) is 17.0 Å². The Labute approximate surface area is 202 Å². The first-order valence-corrected chi connectivity index (χ1v) is 11.6. The minimum atomic E-state index is -0.0139. The monoisotopic (exact) mass is 460 g/mol. The molecule has 0 radical (unpaired) electrons. The summed E-state index contributed by atoms with van der Waals surface area (Å²) in [4.78, 5) is 13.0.